The molecule has 0 aromatic heterocycles. The third-order valence-electron chi connectivity index (χ3n) is 12.8. The van der Waals surface area contributed by atoms with Crippen molar-refractivity contribution in [3.8, 4) is 40.2 Å². The van der Waals surface area contributed by atoms with Gasteiger partial charge >= 0.3 is 11.9 Å². The third kappa shape index (κ3) is 4.89. The molecular weight excluding hydrogens is 731 g/mol. The Bertz CT molecular complexity index is 2160. The molecule has 1 spiro atoms. The van der Waals surface area contributed by atoms with Crippen molar-refractivity contribution < 1.29 is 53.3 Å². The van der Waals surface area contributed by atoms with Gasteiger partial charge in [-0.3, -0.25) is 19.5 Å². The molecule has 292 valence electrons. The Morgan fingerprint density at radius 2 is 1.75 bits per heavy atom. The number of fused-ring (bicyclic) bond motifs is 9. The number of phenolic OH excluding ortho intramolecular Hbond substituents is 2. The van der Waals surface area contributed by atoms with E-state index in [9.17, 15) is 24.9 Å². The maximum atomic E-state index is 14.9. The average Bonchev–Trinajstić information content (AvgIpc) is 3.64. The number of piperazine rings is 1. The van der Waals surface area contributed by atoms with Gasteiger partial charge in [-0.2, -0.15) is 0 Å². The molecule has 3 unspecified atom stereocenters. The second-order valence-electron chi connectivity index (χ2n) is 15.4. The number of benzene rings is 3. The maximum Gasteiger partial charge on any atom is 0.332 e. The van der Waals surface area contributed by atoms with E-state index < -0.39 is 47.1 Å². The number of aliphatic hydroxyl groups is 1. The van der Waals surface area contributed by atoms with E-state index in [0.717, 1.165) is 16.7 Å². The van der Waals surface area contributed by atoms with Crippen molar-refractivity contribution in [3.05, 3.63) is 62.7 Å². The van der Waals surface area contributed by atoms with Crippen LogP contribution in [0, 0.1) is 13.8 Å². The number of ether oxygens (including phenoxy) is 6. The Balaban J connectivity index is 1.33. The van der Waals surface area contributed by atoms with Gasteiger partial charge < -0.3 is 43.7 Å². The molecule has 7 atom stereocenters. The molecule has 10 rings (SSSR count). The highest BCUT2D eigenvalue weighted by molar-refractivity contribution is 7.99. The van der Waals surface area contributed by atoms with E-state index in [-0.39, 0.29) is 42.4 Å². The number of thioether (sulfide) groups is 1. The van der Waals surface area contributed by atoms with Gasteiger partial charge in [0.2, 0.25) is 6.79 Å². The van der Waals surface area contributed by atoms with Gasteiger partial charge in [-0.1, -0.05) is 6.07 Å². The highest BCUT2D eigenvalue weighted by Crippen LogP contribution is 2.64. The van der Waals surface area contributed by atoms with Crippen molar-refractivity contribution in [1.82, 2.24) is 14.7 Å². The number of hydrogen-bond acceptors (Lipinski definition) is 15. The van der Waals surface area contributed by atoms with Crippen molar-refractivity contribution in [3.63, 3.8) is 0 Å². The van der Waals surface area contributed by atoms with Crippen LogP contribution >= 0.6 is 11.8 Å². The van der Waals surface area contributed by atoms with E-state index in [1.807, 2.05) is 43.8 Å². The van der Waals surface area contributed by atoms with Crippen molar-refractivity contribution in [2.75, 3.05) is 54.0 Å². The lowest BCUT2D eigenvalue weighted by molar-refractivity contribution is -0.188. The van der Waals surface area contributed by atoms with Crippen LogP contribution < -0.4 is 23.7 Å². The highest BCUT2D eigenvalue weighted by atomic mass is 32.2. The zero-order chi connectivity index (χ0) is 38.8. The fraction of sp³-hybridized carbons (Fsp3) is 0.500. The Kier molecular flexibility index (Phi) is 8.44. The van der Waals surface area contributed by atoms with Gasteiger partial charge in [0, 0.05) is 47.5 Å². The van der Waals surface area contributed by atoms with Gasteiger partial charge in [-0.05, 0) is 75.2 Å². The summed E-state index contributed by atoms with van der Waals surface area (Å²) in [7, 11) is 6.87. The lowest BCUT2D eigenvalue weighted by atomic mass is 9.73. The average molecular weight is 776 g/mol. The Hall–Kier alpha value is -4.41. The second kappa shape index (κ2) is 12.8. The van der Waals surface area contributed by atoms with Crippen LogP contribution in [-0.4, -0.2) is 114 Å². The minimum Gasteiger partial charge on any atom is -0.504 e. The largest absolute Gasteiger partial charge is 0.504 e. The number of carbonyl (C=O) groups excluding carboxylic acids is 2. The molecule has 2 saturated heterocycles. The SMILES string of the molecule is COc1cc2c(cc1O)CCN(C)C21CS[C@@H]2c3c(OC(C)=O)c(C)c4c(c3[C@H](COC1=O)N1C2C2c3c(cc(C)c(OC)c3O)C[C@@H]([C@@H]1O)N2C)OCO4. The lowest BCUT2D eigenvalue weighted by Gasteiger charge is -2.62. The number of aryl methyl sites for hydroxylation is 1. The predicted molar refractivity (Wildman–Crippen MR) is 199 cm³/mol. The zero-order valence-electron chi connectivity index (χ0n) is 31.8. The molecule has 55 heavy (non-hydrogen) atoms. The summed E-state index contributed by atoms with van der Waals surface area (Å²) in [6.07, 6.45) is -0.00348. The quantitative estimate of drug-likeness (QED) is 0.261. The predicted octanol–water partition coefficient (Wildman–Crippen LogP) is 3.76. The number of likely N-dealkylation sites (N-methyl/N-ethyl adjacent to an activating group) is 2. The summed E-state index contributed by atoms with van der Waals surface area (Å²) in [5, 5.41) is 34.8. The van der Waals surface area contributed by atoms with Crippen molar-refractivity contribution >= 4 is 23.7 Å². The van der Waals surface area contributed by atoms with Crippen LogP contribution in [0.3, 0.4) is 0 Å². The number of aliphatic hydroxyl groups excluding tert-OH is 1. The van der Waals surface area contributed by atoms with Gasteiger partial charge in [-0.15, -0.1) is 11.8 Å². The molecule has 0 radical (unpaired) electrons. The van der Waals surface area contributed by atoms with Gasteiger partial charge in [0.1, 0.15) is 18.6 Å². The second-order valence-corrected chi connectivity index (χ2v) is 16.5. The molecule has 14 nitrogen and oxygen atoms in total. The van der Waals surface area contributed by atoms with Crippen molar-refractivity contribution in [1.29, 1.82) is 0 Å². The fourth-order valence-corrected chi connectivity index (χ4v) is 12.1. The summed E-state index contributed by atoms with van der Waals surface area (Å²) in [6.45, 7) is 5.35. The fourth-order valence-electron chi connectivity index (χ4n) is 10.3. The molecule has 0 saturated carbocycles. The van der Waals surface area contributed by atoms with E-state index in [1.54, 1.807) is 12.1 Å². The summed E-state index contributed by atoms with van der Waals surface area (Å²) >= 11 is 1.49. The van der Waals surface area contributed by atoms with Crippen LogP contribution in [-0.2, 0) is 32.7 Å². The summed E-state index contributed by atoms with van der Waals surface area (Å²) in [4.78, 5) is 34.0. The van der Waals surface area contributed by atoms with E-state index >= 15 is 0 Å². The number of methoxy groups -OCH3 is 2. The van der Waals surface area contributed by atoms with E-state index in [2.05, 4.69) is 4.90 Å². The molecule has 7 aliphatic heterocycles. The number of hydrogen-bond donors (Lipinski definition) is 3. The maximum absolute atomic E-state index is 14.9. The number of nitrogens with zero attached hydrogens (tertiary/aromatic N) is 3. The highest BCUT2D eigenvalue weighted by Gasteiger charge is 2.62. The first kappa shape index (κ1) is 36.2. The van der Waals surface area contributed by atoms with E-state index in [1.165, 1.54) is 32.9 Å². The van der Waals surface area contributed by atoms with Gasteiger partial charge in [0.05, 0.1) is 37.6 Å². The molecule has 3 aromatic rings. The van der Waals surface area contributed by atoms with Gasteiger partial charge in [0.15, 0.2) is 40.0 Å². The lowest BCUT2D eigenvalue weighted by Crippen LogP contribution is -2.70. The summed E-state index contributed by atoms with van der Waals surface area (Å²) in [6, 6.07) is 3.19. The van der Waals surface area contributed by atoms with Crippen LogP contribution in [0.15, 0.2) is 18.2 Å². The summed E-state index contributed by atoms with van der Waals surface area (Å²) in [5.41, 5.74) is 4.48. The molecular formula is C40H45N3O11S. The number of aromatic hydroxyl groups is 2. The Labute approximate surface area is 322 Å². The minimum atomic E-state index is -1.32. The van der Waals surface area contributed by atoms with Crippen LogP contribution in [0.1, 0.15) is 68.8 Å². The van der Waals surface area contributed by atoms with E-state index in [4.69, 9.17) is 28.4 Å². The van der Waals surface area contributed by atoms with E-state index in [0.29, 0.717) is 70.2 Å². The molecule has 7 heterocycles. The Morgan fingerprint density at radius 3 is 2.47 bits per heavy atom. The van der Waals surface area contributed by atoms with Crippen molar-refractivity contribution in [2.24, 2.45) is 0 Å². The Morgan fingerprint density at radius 1 is 0.982 bits per heavy atom. The molecule has 3 aromatic carbocycles. The third-order valence-corrected chi connectivity index (χ3v) is 14.2. The first-order valence-electron chi connectivity index (χ1n) is 18.4. The molecule has 7 aliphatic rings. The summed E-state index contributed by atoms with van der Waals surface area (Å²) in [5.74, 6) is 1.05. The molecule has 15 heteroatoms. The van der Waals surface area contributed by atoms with Crippen LogP contribution in [0.2, 0.25) is 0 Å². The standard InChI is InChI=1S/C40H45N3O11S/c1-17-10-21-11-23-38(47)43-24-14-51-39(48)40(22-13-26(49-6)25(45)12-20(22)8-9-41(40)4)15-55-37(31(43)30(42(23)5)27(21)32(46)33(17)50-7)29-28(24)36-35(52-16-53-36)18(2)34(29)54-19(3)44/h10,12-13,23-24,30-31,37-38,45-47H,8-9,11,14-16H2,1-7H3/t23-,24-,30?,31?,37+,38-,40?/m0/s1. The normalized spacial score (nSPS) is 29.5. The number of phenols is 2. The topological polar surface area (TPSA) is 160 Å². The molecule has 3 N–H and O–H groups in total. The number of esters is 2. The van der Waals surface area contributed by atoms with Crippen LogP contribution in [0.5, 0.6) is 40.2 Å². The first-order chi connectivity index (χ1) is 26.3. The molecule has 0 amide bonds. The number of rotatable bonds is 3. The smallest absolute Gasteiger partial charge is 0.332 e. The van der Waals surface area contributed by atoms with Crippen LogP contribution in [0.4, 0.5) is 0 Å². The zero-order valence-corrected chi connectivity index (χ0v) is 32.6. The molecule has 2 fully saturated rings. The molecule has 0 aliphatic carbocycles. The minimum absolute atomic E-state index is 0.0155. The number of carbonyl (C=O) groups is 2. The molecule has 4 bridgehead atoms. The van der Waals surface area contributed by atoms with Gasteiger partial charge in [-0.25, -0.2) is 4.79 Å². The van der Waals surface area contributed by atoms with Crippen molar-refractivity contribution in [2.45, 2.75) is 74.8 Å². The van der Waals surface area contributed by atoms with Crippen LogP contribution in [0.25, 0.3) is 0 Å². The van der Waals surface area contributed by atoms with Gasteiger partial charge in [0.25, 0.3) is 0 Å². The summed E-state index contributed by atoms with van der Waals surface area (Å²) < 4.78 is 36.1. The first-order valence-corrected chi connectivity index (χ1v) is 19.5. The monoisotopic (exact) mass is 775 g/mol.